The summed E-state index contributed by atoms with van der Waals surface area (Å²) in [5, 5.41) is 20.4. The molecule has 2 aromatic rings. The first-order chi connectivity index (χ1) is 16.8. The number of hydrogen-bond donors (Lipinski definition) is 3. The summed E-state index contributed by atoms with van der Waals surface area (Å²) < 4.78 is 1.29. The predicted octanol–water partition coefficient (Wildman–Crippen LogP) is 0.867. The number of nitrogens with zero attached hydrogens (tertiary/aromatic N) is 3. The minimum atomic E-state index is -1.24. The number of nitrogens with one attached hydrogen (secondary N) is 2. The van der Waals surface area contributed by atoms with E-state index in [2.05, 4.69) is 15.5 Å². The molecule has 2 aliphatic heterocycles. The predicted molar refractivity (Wildman–Crippen MR) is 132 cm³/mol. The zero-order valence-corrected chi connectivity index (χ0v) is 21.1. The van der Waals surface area contributed by atoms with E-state index in [9.17, 15) is 29.1 Å². The molecule has 11 nitrogen and oxygen atoms in total. The molecule has 2 amide bonds. The number of carbonyl (C=O) groups excluding carboxylic acids is 2. The second-order valence-electron chi connectivity index (χ2n) is 7.90. The lowest BCUT2D eigenvalue weighted by Gasteiger charge is -2.49. The Labute approximate surface area is 212 Å². The van der Waals surface area contributed by atoms with Gasteiger partial charge in [-0.3, -0.25) is 28.6 Å². The number of unbranched alkanes of at least 4 members (excludes halogenated alkanes) is 1. The van der Waals surface area contributed by atoms with E-state index in [1.807, 2.05) is 24.4 Å². The van der Waals surface area contributed by atoms with Crippen LogP contribution >= 0.6 is 34.9 Å². The van der Waals surface area contributed by atoms with Gasteiger partial charge in [-0.1, -0.05) is 31.2 Å². The molecule has 0 unspecified atom stereocenters. The summed E-state index contributed by atoms with van der Waals surface area (Å²) >= 11 is 3.95. The number of aromatic amines is 1. The number of carboxylic acid groups (broad SMARTS) is 1. The molecule has 0 aliphatic carbocycles. The number of hydrogen-bond acceptors (Lipinski definition) is 9. The molecule has 2 aromatic heterocycles. The van der Waals surface area contributed by atoms with Crippen LogP contribution in [0.25, 0.3) is 0 Å². The Kier molecular flexibility index (Phi) is 7.82. The minimum Gasteiger partial charge on any atom is -0.477 e. The van der Waals surface area contributed by atoms with Crippen molar-refractivity contribution >= 4 is 52.6 Å². The lowest BCUT2D eigenvalue weighted by atomic mass is 10.0. The van der Waals surface area contributed by atoms with E-state index in [4.69, 9.17) is 0 Å². The largest absolute Gasteiger partial charge is 0.477 e. The highest BCUT2D eigenvalue weighted by atomic mass is 32.2. The van der Waals surface area contributed by atoms with Crippen LogP contribution in [0.2, 0.25) is 0 Å². The monoisotopic (exact) mass is 537 g/mol. The highest BCUT2D eigenvalue weighted by molar-refractivity contribution is 8.01. The van der Waals surface area contributed by atoms with Crippen molar-refractivity contribution in [1.29, 1.82) is 0 Å². The van der Waals surface area contributed by atoms with Crippen LogP contribution in [-0.2, 0) is 27.3 Å². The van der Waals surface area contributed by atoms with Crippen LogP contribution in [0.5, 0.6) is 0 Å². The van der Waals surface area contributed by atoms with Crippen molar-refractivity contribution in [3.05, 3.63) is 54.4 Å². The maximum absolute atomic E-state index is 12.8. The number of amides is 2. The van der Waals surface area contributed by atoms with Gasteiger partial charge in [0.05, 0.1) is 6.42 Å². The molecule has 2 atom stereocenters. The van der Waals surface area contributed by atoms with Crippen LogP contribution in [0, 0.1) is 0 Å². The van der Waals surface area contributed by atoms with E-state index in [1.165, 1.54) is 32.6 Å². The number of carboxylic acids is 1. The Morgan fingerprint density at radius 3 is 2.83 bits per heavy atom. The average Bonchev–Trinajstić information content (AvgIpc) is 3.34. The Balaban J connectivity index is 1.48. The molecule has 1 saturated heterocycles. The van der Waals surface area contributed by atoms with Crippen molar-refractivity contribution in [2.24, 2.45) is 0 Å². The molecule has 0 saturated carbocycles. The number of carbonyl (C=O) groups is 3. The van der Waals surface area contributed by atoms with Gasteiger partial charge in [0.25, 0.3) is 5.91 Å². The molecule has 186 valence electrons. The maximum Gasteiger partial charge on any atom is 0.352 e. The van der Waals surface area contributed by atoms with Gasteiger partial charge in [0.1, 0.15) is 17.1 Å². The van der Waals surface area contributed by atoms with Crippen molar-refractivity contribution in [2.45, 2.75) is 49.3 Å². The number of thioether (sulfide) groups is 2. The first kappa shape index (κ1) is 25.3. The summed E-state index contributed by atoms with van der Waals surface area (Å²) in [5.41, 5.74) is -1.13. The second kappa shape index (κ2) is 10.8. The van der Waals surface area contributed by atoms with E-state index < -0.39 is 34.4 Å². The fourth-order valence-electron chi connectivity index (χ4n) is 3.78. The third kappa shape index (κ3) is 5.23. The molecule has 35 heavy (non-hydrogen) atoms. The molecule has 2 aliphatic rings. The van der Waals surface area contributed by atoms with Crippen LogP contribution in [0.1, 0.15) is 24.6 Å². The topological polar surface area (TPSA) is 154 Å². The van der Waals surface area contributed by atoms with E-state index in [-0.39, 0.29) is 28.9 Å². The van der Waals surface area contributed by atoms with Gasteiger partial charge in [-0.15, -0.1) is 28.2 Å². The van der Waals surface area contributed by atoms with E-state index in [0.717, 1.165) is 23.1 Å². The zero-order valence-electron chi connectivity index (χ0n) is 18.7. The van der Waals surface area contributed by atoms with Crippen molar-refractivity contribution in [3.63, 3.8) is 0 Å². The number of aliphatic carboxylic acids is 1. The first-order valence-electron chi connectivity index (χ1n) is 10.9. The molecule has 3 N–H and O–H groups in total. The van der Waals surface area contributed by atoms with Crippen LogP contribution in [-0.4, -0.2) is 65.5 Å². The number of aromatic nitrogens is 3. The van der Waals surface area contributed by atoms with Gasteiger partial charge in [0.15, 0.2) is 5.16 Å². The number of fused-ring (bicyclic) bond motifs is 1. The molecule has 14 heteroatoms. The molecule has 4 heterocycles. The van der Waals surface area contributed by atoms with E-state index >= 15 is 0 Å². The van der Waals surface area contributed by atoms with Crippen molar-refractivity contribution < 1.29 is 19.5 Å². The lowest BCUT2D eigenvalue weighted by molar-refractivity contribution is -0.150. The van der Waals surface area contributed by atoms with E-state index in [0.29, 0.717) is 24.3 Å². The Morgan fingerprint density at radius 1 is 1.34 bits per heavy atom. The Morgan fingerprint density at radius 2 is 2.14 bits per heavy atom. The van der Waals surface area contributed by atoms with Gasteiger partial charge in [-0.25, -0.2) is 9.89 Å². The van der Waals surface area contributed by atoms with Gasteiger partial charge >= 0.3 is 17.1 Å². The summed E-state index contributed by atoms with van der Waals surface area (Å²) in [5.74, 6) is -1.49. The highest BCUT2D eigenvalue weighted by Gasteiger charge is 2.54. The number of rotatable bonds is 10. The number of H-pyrrole nitrogens is 1. The van der Waals surface area contributed by atoms with E-state index in [1.54, 1.807) is 0 Å². The Bertz CT molecular complexity index is 1290. The van der Waals surface area contributed by atoms with Gasteiger partial charge in [0, 0.05) is 22.9 Å². The molecule has 0 aromatic carbocycles. The molecular weight excluding hydrogens is 514 g/mol. The van der Waals surface area contributed by atoms with Crippen LogP contribution in [0.4, 0.5) is 0 Å². The molecule has 0 bridgehead atoms. The summed E-state index contributed by atoms with van der Waals surface area (Å²) in [6.07, 6.45) is 1.66. The second-order valence-corrected chi connectivity index (χ2v) is 11.0. The third-order valence-corrected chi connectivity index (χ3v) is 8.79. The van der Waals surface area contributed by atoms with Crippen LogP contribution in [0.15, 0.2) is 43.5 Å². The minimum absolute atomic E-state index is 0.109. The standard InChI is InChI=1S/C21H23N5O6S3/c1-2-3-6-25-18(30)16(28)23-24-21(25)35-10-11-9-34-19-14(17(29)26(19)15(11)20(31)32)22-13(27)8-12-5-4-7-33-12/h4-5,7,14,19H,2-3,6,8-10H2,1H3,(H,22,27)(H,23,28)(H,31,32)/t14-,19+/m1/s1. The third-order valence-electron chi connectivity index (χ3n) is 5.52. The molecular formula is C21H23N5O6S3. The van der Waals surface area contributed by atoms with Gasteiger partial charge in [0.2, 0.25) is 5.91 Å². The maximum atomic E-state index is 12.8. The van der Waals surface area contributed by atoms with Gasteiger partial charge < -0.3 is 10.4 Å². The van der Waals surface area contributed by atoms with Crippen molar-refractivity contribution in [1.82, 2.24) is 25.0 Å². The summed E-state index contributed by atoms with van der Waals surface area (Å²) in [4.78, 5) is 63.3. The smallest absolute Gasteiger partial charge is 0.352 e. The highest BCUT2D eigenvalue weighted by Crippen LogP contribution is 2.41. The number of thiophene rings is 1. The van der Waals surface area contributed by atoms with Crippen LogP contribution in [0.3, 0.4) is 0 Å². The summed E-state index contributed by atoms with van der Waals surface area (Å²) in [6.45, 7) is 2.29. The van der Waals surface area contributed by atoms with Gasteiger partial charge in [-0.2, -0.15) is 0 Å². The normalized spacial score (nSPS) is 19.3. The average molecular weight is 538 g/mol. The van der Waals surface area contributed by atoms with Gasteiger partial charge in [-0.05, 0) is 23.4 Å². The first-order valence-corrected chi connectivity index (χ1v) is 13.8. The zero-order chi connectivity index (χ0) is 25.1. The number of β-lactam (4-membered cyclic amide) rings is 1. The molecule has 4 rings (SSSR count). The lowest BCUT2D eigenvalue weighted by Crippen LogP contribution is -2.70. The fourth-order valence-corrected chi connectivity index (χ4v) is 6.94. The summed E-state index contributed by atoms with van der Waals surface area (Å²) in [7, 11) is 0. The van der Waals surface area contributed by atoms with Crippen molar-refractivity contribution in [3.8, 4) is 0 Å². The molecule has 0 spiro atoms. The summed E-state index contributed by atoms with van der Waals surface area (Å²) in [6, 6.07) is 2.90. The van der Waals surface area contributed by atoms with Crippen LogP contribution < -0.4 is 16.4 Å². The van der Waals surface area contributed by atoms with Crippen molar-refractivity contribution in [2.75, 3.05) is 11.5 Å². The Hall–Kier alpha value is -2.84. The fraction of sp³-hybridized carbons (Fsp3) is 0.429. The quantitative estimate of drug-likeness (QED) is 0.227. The SMILES string of the molecule is CCCCn1c(SCC2=C(C(=O)O)N3C(=O)[C@@H](NC(=O)Cc4cccs4)[C@@H]3SC2)n[nH]c(=O)c1=O. The molecule has 0 radical (unpaired) electrons. The molecule has 1 fully saturated rings.